The van der Waals surface area contributed by atoms with Gasteiger partial charge >= 0.3 is 0 Å². The fraction of sp³-hybridized carbons (Fsp3) is 0. The van der Waals surface area contributed by atoms with Crippen LogP contribution >= 0.6 is 0 Å². The molecule has 32 heavy (non-hydrogen) atoms. The van der Waals surface area contributed by atoms with Crippen LogP contribution in [0.1, 0.15) is 0 Å². The number of hydrogen-bond donors (Lipinski definition) is 1. The standard InChI is InChI=1S/C24H17N5O2S/c30-32(31,20-4-2-1-3-5-20)29-19-14-18(15-26-16-19)22-6-7-23-24(28-22)21(10-13-27-23)17-8-11-25-12-9-17/h1-16,29H. The Morgan fingerprint density at radius 3 is 2.38 bits per heavy atom. The molecule has 5 rings (SSSR count). The summed E-state index contributed by atoms with van der Waals surface area (Å²) >= 11 is 0. The zero-order chi connectivity index (χ0) is 22.0. The zero-order valence-electron chi connectivity index (χ0n) is 16.8. The molecule has 8 heteroatoms. The van der Waals surface area contributed by atoms with Gasteiger partial charge in [0.2, 0.25) is 0 Å². The van der Waals surface area contributed by atoms with Crippen LogP contribution in [0.4, 0.5) is 5.69 Å². The van der Waals surface area contributed by atoms with E-state index in [0.29, 0.717) is 16.9 Å². The van der Waals surface area contributed by atoms with Crippen molar-refractivity contribution in [1.82, 2.24) is 19.9 Å². The lowest BCUT2D eigenvalue weighted by molar-refractivity contribution is 0.601. The van der Waals surface area contributed by atoms with Crippen LogP contribution in [-0.2, 0) is 10.0 Å². The lowest BCUT2D eigenvalue weighted by Gasteiger charge is -2.10. The van der Waals surface area contributed by atoms with Crippen molar-refractivity contribution in [1.29, 1.82) is 0 Å². The normalized spacial score (nSPS) is 11.4. The molecule has 0 aliphatic heterocycles. The van der Waals surface area contributed by atoms with E-state index in [1.807, 2.05) is 30.3 Å². The third kappa shape index (κ3) is 3.91. The summed E-state index contributed by atoms with van der Waals surface area (Å²) in [5.41, 5.74) is 5.13. The van der Waals surface area contributed by atoms with E-state index in [1.165, 1.54) is 18.3 Å². The van der Waals surface area contributed by atoms with E-state index < -0.39 is 10.0 Å². The van der Waals surface area contributed by atoms with Crippen LogP contribution in [0.15, 0.2) is 103 Å². The average Bonchev–Trinajstić information content (AvgIpc) is 2.84. The number of rotatable bonds is 5. The quantitative estimate of drug-likeness (QED) is 0.431. The highest BCUT2D eigenvalue weighted by atomic mass is 32.2. The molecule has 0 saturated heterocycles. The van der Waals surface area contributed by atoms with Crippen molar-refractivity contribution in [3.8, 4) is 22.4 Å². The third-order valence-corrected chi connectivity index (χ3v) is 6.31. The van der Waals surface area contributed by atoms with E-state index >= 15 is 0 Å². The molecule has 0 atom stereocenters. The summed E-state index contributed by atoms with van der Waals surface area (Å²) in [5.74, 6) is 0. The molecular weight excluding hydrogens is 422 g/mol. The van der Waals surface area contributed by atoms with Crippen molar-refractivity contribution in [2.45, 2.75) is 4.90 Å². The summed E-state index contributed by atoms with van der Waals surface area (Å²) in [7, 11) is -3.72. The van der Waals surface area contributed by atoms with E-state index in [4.69, 9.17) is 4.98 Å². The number of pyridine rings is 4. The minimum atomic E-state index is -3.72. The average molecular weight is 440 g/mol. The third-order valence-electron chi connectivity index (χ3n) is 4.91. The van der Waals surface area contributed by atoms with Gasteiger partial charge in [0.15, 0.2) is 0 Å². The molecule has 0 amide bonds. The second-order valence-corrected chi connectivity index (χ2v) is 8.72. The maximum absolute atomic E-state index is 12.7. The van der Waals surface area contributed by atoms with E-state index in [-0.39, 0.29) is 4.90 Å². The van der Waals surface area contributed by atoms with Gasteiger partial charge in [-0.3, -0.25) is 19.7 Å². The van der Waals surface area contributed by atoms with Crippen molar-refractivity contribution in [3.05, 3.63) is 97.7 Å². The molecule has 4 heterocycles. The van der Waals surface area contributed by atoms with Crippen LogP contribution in [0.5, 0.6) is 0 Å². The smallest absolute Gasteiger partial charge is 0.261 e. The van der Waals surface area contributed by atoms with E-state index in [0.717, 1.165) is 22.2 Å². The monoisotopic (exact) mass is 439 g/mol. The minimum Gasteiger partial charge on any atom is -0.278 e. The molecule has 156 valence electrons. The lowest BCUT2D eigenvalue weighted by Crippen LogP contribution is -2.13. The summed E-state index contributed by atoms with van der Waals surface area (Å²) in [4.78, 5) is 17.7. The molecule has 1 aromatic carbocycles. The van der Waals surface area contributed by atoms with Crippen LogP contribution in [0.25, 0.3) is 33.4 Å². The predicted molar refractivity (Wildman–Crippen MR) is 123 cm³/mol. The number of fused-ring (bicyclic) bond motifs is 1. The molecule has 0 radical (unpaired) electrons. The van der Waals surface area contributed by atoms with Crippen LogP contribution in [0, 0.1) is 0 Å². The Hall–Kier alpha value is -4.17. The summed E-state index contributed by atoms with van der Waals surface area (Å²) < 4.78 is 27.9. The van der Waals surface area contributed by atoms with Gasteiger partial charge in [-0.15, -0.1) is 0 Å². The highest BCUT2D eigenvalue weighted by molar-refractivity contribution is 7.92. The molecule has 5 aromatic rings. The molecule has 0 fully saturated rings. The van der Waals surface area contributed by atoms with E-state index in [2.05, 4.69) is 19.7 Å². The SMILES string of the molecule is O=S(=O)(Nc1cncc(-c2ccc3nccc(-c4ccncc4)c3n2)c1)c1ccccc1. The first-order chi connectivity index (χ1) is 15.6. The maximum atomic E-state index is 12.7. The topological polar surface area (TPSA) is 97.7 Å². The maximum Gasteiger partial charge on any atom is 0.261 e. The molecule has 0 aliphatic rings. The van der Waals surface area contributed by atoms with E-state index in [1.54, 1.807) is 49.1 Å². The minimum absolute atomic E-state index is 0.183. The largest absolute Gasteiger partial charge is 0.278 e. The Morgan fingerprint density at radius 1 is 0.750 bits per heavy atom. The second-order valence-electron chi connectivity index (χ2n) is 7.04. The zero-order valence-corrected chi connectivity index (χ0v) is 17.6. The predicted octanol–water partition coefficient (Wildman–Crippen LogP) is 4.55. The summed E-state index contributed by atoms with van der Waals surface area (Å²) in [6.45, 7) is 0. The molecule has 0 unspecified atom stereocenters. The van der Waals surface area contributed by atoms with Crippen LogP contribution in [-0.4, -0.2) is 28.4 Å². The number of benzene rings is 1. The van der Waals surface area contributed by atoms with Gasteiger partial charge in [-0.05, 0) is 54.1 Å². The van der Waals surface area contributed by atoms with Crippen molar-refractivity contribution in [2.24, 2.45) is 0 Å². The molecule has 0 bridgehead atoms. The van der Waals surface area contributed by atoms with Crippen molar-refractivity contribution in [3.63, 3.8) is 0 Å². The van der Waals surface area contributed by atoms with Gasteiger partial charge in [-0.1, -0.05) is 18.2 Å². The van der Waals surface area contributed by atoms with Gasteiger partial charge in [0.25, 0.3) is 10.0 Å². The van der Waals surface area contributed by atoms with Crippen molar-refractivity contribution >= 4 is 26.7 Å². The number of nitrogens with zero attached hydrogens (tertiary/aromatic N) is 4. The van der Waals surface area contributed by atoms with Crippen LogP contribution in [0.3, 0.4) is 0 Å². The summed E-state index contributed by atoms with van der Waals surface area (Å²) in [6.07, 6.45) is 8.33. The first kappa shape index (κ1) is 19.8. The van der Waals surface area contributed by atoms with Crippen LogP contribution in [0.2, 0.25) is 0 Å². The number of aromatic nitrogens is 4. The van der Waals surface area contributed by atoms with Crippen molar-refractivity contribution < 1.29 is 8.42 Å². The molecule has 0 aliphatic carbocycles. The summed E-state index contributed by atoms with van der Waals surface area (Å²) in [5, 5.41) is 0. The lowest BCUT2D eigenvalue weighted by atomic mass is 10.1. The highest BCUT2D eigenvalue weighted by Crippen LogP contribution is 2.29. The Labute approximate surface area is 184 Å². The van der Waals surface area contributed by atoms with Gasteiger partial charge in [-0.2, -0.15) is 0 Å². The molecule has 1 N–H and O–H groups in total. The Morgan fingerprint density at radius 2 is 1.56 bits per heavy atom. The molecule has 0 spiro atoms. The highest BCUT2D eigenvalue weighted by Gasteiger charge is 2.15. The summed E-state index contributed by atoms with van der Waals surface area (Å²) in [6, 6.07) is 19.4. The van der Waals surface area contributed by atoms with Gasteiger partial charge in [-0.25, -0.2) is 13.4 Å². The molecule has 7 nitrogen and oxygen atoms in total. The van der Waals surface area contributed by atoms with Gasteiger partial charge in [0.05, 0.1) is 33.5 Å². The Bertz CT molecular complexity index is 1510. The molecule has 4 aromatic heterocycles. The van der Waals surface area contributed by atoms with Crippen LogP contribution < -0.4 is 4.72 Å². The molecular formula is C24H17N5O2S. The van der Waals surface area contributed by atoms with E-state index in [9.17, 15) is 8.42 Å². The first-order valence-electron chi connectivity index (χ1n) is 9.80. The van der Waals surface area contributed by atoms with Gasteiger partial charge < -0.3 is 0 Å². The van der Waals surface area contributed by atoms with Gasteiger partial charge in [0.1, 0.15) is 0 Å². The fourth-order valence-corrected chi connectivity index (χ4v) is 4.46. The number of hydrogen-bond acceptors (Lipinski definition) is 6. The Kier molecular flexibility index (Phi) is 5.04. The second kappa shape index (κ2) is 8.16. The number of sulfonamides is 1. The van der Waals surface area contributed by atoms with Crippen molar-refractivity contribution in [2.75, 3.05) is 4.72 Å². The van der Waals surface area contributed by atoms with Gasteiger partial charge in [0, 0.05) is 35.9 Å². The fourth-order valence-electron chi connectivity index (χ4n) is 3.40. The Balaban J connectivity index is 1.54. The first-order valence-corrected chi connectivity index (χ1v) is 11.3. The molecule has 0 saturated carbocycles. The number of nitrogens with one attached hydrogen (secondary N) is 1. The number of anilines is 1.